The van der Waals surface area contributed by atoms with Crippen molar-refractivity contribution in [2.24, 2.45) is 0 Å². The molecule has 124 valence electrons. The molecule has 4 nitrogen and oxygen atoms in total. The number of fused-ring (bicyclic) bond motifs is 1. The number of hydrogen-bond acceptors (Lipinski definition) is 5. The highest BCUT2D eigenvalue weighted by molar-refractivity contribution is 7.93. The fourth-order valence-electron chi connectivity index (χ4n) is 3.08. The van der Waals surface area contributed by atoms with Gasteiger partial charge in [-0.1, -0.05) is 36.4 Å². The first-order chi connectivity index (χ1) is 11.7. The van der Waals surface area contributed by atoms with Gasteiger partial charge < -0.3 is 10.2 Å². The quantitative estimate of drug-likeness (QED) is 0.781. The van der Waals surface area contributed by atoms with Crippen LogP contribution in [0.1, 0.15) is 0 Å². The van der Waals surface area contributed by atoms with Gasteiger partial charge in [0.15, 0.2) is 0 Å². The summed E-state index contributed by atoms with van der Waals surface area (Å²) in [5.41, 5.74) is 1.00. The predicted octanol–water partition coefficient (Wildman–Crippen LogP) is 3.14. The van der Waals surface area contributed by atoms with Crippen LogP contribution in [0.25, 0.3) is 10.8 Å². The van der Waals surface area contributed by atoms with E-state index in [1.54, 1.807) is 12.1 Å². The fourth-order valence-corrected chi connectivity index (χ4v) is 5.86. The number of rotatable bonds is 3. The second kappa shape index (κ2) is 6.20. The van der Waals surface area contributed by atoms with Gasteiger partial charge in [0.05, 0.1) is 4.90 Å². The minimum Gasteiger partial charge on any atom is -0.368 e. The third-order valence-corrected chi connectivity index (χ3v) is 7.59. The van der Waals surface area contributed by atoms with E-state index in [4.69, 9.17) is 0 Å². The third kappa shape index (κ3) is 2.70. The summed E-state index contributed by atoms with van der Waals surface area (Å²) in [6.07, 6.45) is 0. The average Bonchev–Trinajstić information content (AvgIpc) is 3.13. The number of nitrogens with zero attached hydrogens (tertiary/aromatic N) is 1. The lowest BCUT2D eigenvalue weighted by molar-refractivity contribution is 0.589. The van der Waals surface area contributed by atoms with Crippen molar-refractivity contribution < 1.29 is 8.42 Å². The van der Waals surface area contributed by atoms with Crippen molar-refractivity contribution in [1.29, 1.82) is 0 Å². The van der Waals surface area contributed by atoms with Crippen molar-refractivity contribution in [1.82, 2.24) is 5.32 Å². The standard InChI is InChI=1S/C18H18N2O2S2/c21-24(22,17-7-3-5-14-4-1-2-6-16(14)17)18-12-15(13-23-18)20-10-8-19-9-11-20/h1-7,12-13,19H,8-11H2. The Hall–Kier alpha value is -1.89. The van der Waals surface area contributed by atoms with E-state index in [0.717, 1.165) is 42.6 Å². The molecule has 0 saturated carbocycles. The Bertz CT molecular complexity index is 968. The molecule has 4 rings (SSSR count). The highest BCUT2D eigenvalue weighted by Crippen LogP contribution is 2.34. The van der Waals surface area contributed by atoms with Crippen LogP contribution in [0.2, 0.25) is 0 Å². The molecule has 0 spiro atoms. The summed E-state index contributed by atoms with van der Waals surface area (Å²) in [6, 6.07) is 14.9. The third-order valence-electron chi connectivity index (χ3n) is 4.35. The molecule has 6 heteroatoms. The molecule has 1 fully saturated rings. The van der Waals surface area contributed by atoms with Gasteiger partial charge in [0.25, 0.3) is 0 Å². The summed E-state index contributed by atoms with van der Waals surface area (Å²) >= 11 is 1.30. The van der Waals surface area contributed by atoms with Crippen molar-refractivity contribution in [3.05, 3.63) is 53.9 Å². The highest BCUT2D eigenvalue weighted by atomic mass is 32.2. The van der Waals surface area contributed by atoms with Crippen LogP contribution in [0.5, 0.6) is 0 Å². The summed E-state index contributed by atoms with van der Waals surface area (Å²) in [7, 11) is -3.51. The van der Waals surface area contributed by atoms with Crippen molar-refractivity contribution >= 4 is 37.6 Å². The number of hydrogen-bond donors (Lipinski definition) is 1. The van der Waals surface area contributed by atoms with Gasteiger partial charge in [-0.05, 0) is 17.5 Å². The highest BCUT2D eigenvalue weighted by Gasteiger charge is 2.23. The molecule has 0 radical (unpaired) electrons. The molecule has 2 aromatic carbocycles. The second-order valence-corrected chi connectivity index (χ2v) is 8.90. The molecular weight excluding hydrogens is 340 g/mol. The minimum atomic E-state index is -3.51. The number of anilines is 1. The fraction of sp³-hybridized carbons (Fsp3) is 0.222. The van der Waals surface area contributed by atoms with Crippen LogP contribution < -0.4 is 10.2 Å². The number of nitrogens with one attached hydrogen (secondary N) is 1. The Morgan fingerprint density at radius 2 is 1.75 bits per heavy atom. The van der Waals surface area contributed by atoms with Gasteiger partial charge in [0, 0.05) is 42.6 Å². The van der Waals surface area contributed by atoms with Crippen LogP contribution in [0, 0.1) is 0 Å². The van der Waals surface area contributed by atoms with Gasteiger partial charge in [-0.2, -0.15) is 0 Å². The molecule has 0 aliphatic carbocycles. The average molecular weight is 358 g/mol. The zero-order valence-electron chi connectivity index (χ0n) is 13.1. The van der Waals surface area contributed by atoms with E-state index in [1.165, 1.54) is 11.3 Å². The Kier molecular flexibility index (Phi) is 4.04. The topological polar surface area (TPSA) is 49.4 Å². The first-order valence-corrected chi connectivity index (χ1v) is 10.3. The molecule has 0 bridgehead atoms. The molecule has 1 aliphatic heterocycles. The molecule has 0 atom stereocenters. The maximum Gasteiger partial charge on any atom is 0.216 e. The van der Waals surface area contributed by atoms with Gasteiger partial charge in [-0.3, -0.25) is 0 Å². The normalized spacial score (nSPS) is 15.8. The van der Waals surface area contributed by atoms with E-state index in [-0.39, 0.29) is 0 Å². The Morgan fingerprint density at radius 1 is 1.00 bits per heavy atom. The van der Waals surface area contributed by atoms with Crippen molar-refractivity contribution in [2.45, 2.75) is 9.10 Å². The van der Waals surface area contributed by atoms with E-state index < -0.39 is 9.84 Å². The van der Waals surface area contributed by atoms with Gasteiger partial charge in [0.2, 0.25) is 9.84 Å². The number of benzene rings is 2. The van der Waals surface area contributed by atoms with Crippen LogP contribution in [0.15, 0.2) is 63.0 Å². The first kappa shape index (κ1) is 15.6. The molecule has 1 aromatic heterocycles. The minimum absolute atomic E-state index is 0.384. The Morgan fingerprint density at radius 3 is 2.58 bits per heavy atom. The predicted molar refractivity (Wildman–Crippen MR) is 98.8 cm³/mol. The van der Waals surface area contributed by atoms with Crippen molar-refractivity contribution in [3.63, 3.8) is 0 Å². The monoisotopic (exact) mass is 358 g/mol. The van der Waals surface area contributed by atoms with E-state index in [1.807, 2.05) is 41.8 Å². The molecule has 1 aliphatic rings. The largest absolute Gasteiger partial charge is 0.368 e. The summed E-state index contributed by atoms with van der Waals surface area (Å²) in [6.45, 7) is 3.68. The number of sulfone groups is 1. The summed E-state index contributed by atoms with van der Waals surface area (Å²) in [4.78, 5) is 2.61. The molecule has 1 saturated heterocycles. The lowest BCUT2D eigenvalue weighted by Gasteiger charge is -2.28. The molecular formula is C18H18N2O2S2. The molecule has 0 amide bonds. The molecule has 24 heavy (non-hydrogen) atoms. The van der Waals surface area contributed by atoms with Crippen LogP contribution in [0.3, 0.4) is 0 Å². The first-order valence-electron chi connectivity index (χ1n) is 7.93. The lowest BCUT2D eigenvalue weighted by atomic mass is 10.1. The number of piperazine rings is 1. The second-order valence-electron chi connectivity index (χ2n) is 5.84. The van der Waals surface area contributed by atoms with E-state index in [0.29, 0.717) is 9.10 Å². The van der Waals surface area contributed by atoms with E-state index in [9.17, 15) is 8.42 Å². The summed E-state index contributed by atoms with van der Waals surface area (Å²) in [5.74, 6) is 0. The number of thiophene rings is 1. The summed E-state index contributed by atoms with van der Waals surface area (Å²) in [5, 5.41) is 6.98. The van der Waals surface area contributed by atoms with E-state index in [2.05, 4.69) is 10.2 Å². The lowest BCUT2D eigenvalue weighted by Crippen LogP contribution is -2.43. The molecule has 0 unspecified atom stereocenters. The van der Waals surface area contributed by atoms with Crippen LogP contribution >= 0.6 is 11.3 Å². The van der Waals surface area contributed by atoms with Crippen molar-refractivity contribution in [3.8, 4) is 0 Å². The zero-order chi connectivity index (χ0) is 16.6. The van der Waals surface area contributed by atoms with Crippen LogP contribution in [0.4, 0.5) is 5.69 Å². The van der Waals surface area contributed by atoms with Gasteiger partial charge in [-0.25, -0.2) is 8.42 Å². The van der Waals surface area contributed by atoms with Gasteiger partial charge in [-0.15, -0.1) is 11.3 Å². The maximum atomic E-state index is 13.1. The SMILES string of the molecule is O=S(=O)(c1cc(N2CCNCC2)cs1)c1cccc2ccccc12. The smallest absolute Gasteiger partial charge is 0.216 e. The maximum absolute atomic E-state index is 13.1. The Balaban J connectivity index is 1.76. The molecule has 1 N–H and O–H groups in total. The molecule has 3 aromatic rings. The van der Waals surface area contributed by atoms with Crippen LogP contribution in [-0.4, -0.2) is 34.6 Å². The summed E-state index contributed by atoms with van der Waals surface area (Å²) < 4.78 is 26.7. The zero-order valence-corrected chi connectivity index (χ0v) is 14.7. The Labute approximate surface area is 145 Å². The van der Waals surface area contributed by atoms with Gasteiger partial charge in [0.1, 0.15) is 4.21 Å². The van der Waals surface area contributed by atoms with Crippen LogP contribution in [-0.2, 0) is 9.84 Å². The van der Waals surface area contributed by atoms with E-state index >= 15 is 0 Å². The molecule has 2 heterocycles. The van der Waals surface area contributed by atoms with Crippen molar-refractivity contribution in [2.75, 3.05) is 31.1 Å². The van der Waals surface area contributed by atoms with Gasteiger partial charge >= 0.3 is 0 Å².